The maximum Gasteiger partial charge on any atom is 0.352 e. The minimum atomic E-state index is -1.21. The van der Waals surface area contributed by atoms with Gasteiger partial charge in [0.25, 0.3) is 23.6 Å². The van der Waals surface area contributed by atoms with Gasteiger partial charge < -0.3 is 26.3 Å². The quantitative estimate of drug-likeness (QED) is 0.175. The number of nitrogens with one attached hydrogen (secondary N) is 2. The molecule has 5 N–H and O–H groups in total. The molecule has 4 amide bonds. The van der Waals surface area contributed by atoms with Crippen molar-refractivity contribution in [2.24, 2.45) is 5.16 Å². The van der Waals surface area contributed by atoms with Gasteiger partial charge in [0.15, 0.2) is 10.8 Å². The molecule has 14 nitrogen and oxygen atoms in total. The number of amides is 4. The third-order valence-corrected chi connectivity index (χ3v) is 8.92. The number of nitrogens with zero attached hydrogens (tertiary/aromatic N) is 4. The molecule has 2 saturated heterocycles. The van der Waals surface area contributed by atoms with E-state index in [1.165, 1.54) is 47.0 Å². The number of hydrogen-bond acceptors (Lipinski definition) is 12. The van der Waals surface area contributed by atoms with E-state index in [4.69, 9.17) is 10.6 Å². The number of aromatic nitrogens is 1. The van der Waals surface area contributed by atoms with Crippen LogP contribution in [0.25, 0.3) is 0 Å². The Morgan fingerprint density at radius 2 is 1.68 bits per heavy atom. The Bertz CT molecular complexity index is 1310. The van der Waals surface area contributed by atoms with E-state index in [2.05, 4.69) is 20.8 Å². The van der Waals surface area contributed by atoms with Crippen molar-refractivity contribution in [2.75, 3.05) is 24.3 Å². The summed E-state index contributed by atoms with van der Waals surface area (Å²) < 4.78 is 0. The molecule has 4 atom stereocenters. The molecule has 1 aromatic heterocycles. The second-order valence-corrected chi connectivity index (χ2v) is 11.1. The van der Waals surface area contributed by atoms with Crippen molar-refractivity contribution < 1.29 is 33.9 Å². The van der Waals surface area contributed by atoms with Crippen molar-refractivity contribution in [3.05, 3.63) is 34.6 Å². The zero-order valence-corrected chi connectivity index (χ0v) is 21.4. The lowest BCUT2D eigenvalue weighted by molar-refractivity contribution is -0.151. The molecule has 5 rings (SSSR count). The number of β-lactam (4-membered cyclic amide) rings is 2. The molecule has 0 spiro atoms. The maximum atomic E-state index is 13.0. The number of carboxylic acids is 1. The normalized spacial score (nSPS) is 26.6. The van der Waals surface area contributed by atoms with Crippen molar-refractivity contribution in [3.8, 4) is 0 Å². The van der Waals surface area contributed by atoms with Gasteiger partial charge in [0, 0.05) is 16.9 Å². The van der Waals surface area contributed by atoms with Crippen LogP contribution in [0.4, 0.5) is 5.13 Å². The number of aliphatic carboxylic acids is 1. The molecule has 5 heterocycles. The predicted molar refractivity (Wildman–Crippen MR) is 134 cm³/mol. The minimum absolute atomic E-state index is 0.0679. The smallest absolute Gasteiger partial charge is 0.352 e. The van der Waals surface area contributed by atoms with Gasteiger partial charge in [0.2, 0.25) is 0 Å². The maximum absolute atomic E-state index is 13.0. The third-order valence-electron chi connectivity index (χ3n) is 5.88. The van der Waals surface area contributed by atoms with E-state index in [-0.39, 0.29) is 27.9 Å². The van der Waals surface area contributed by atoms with Crippen molar-refractivity contribution in [3.63, 3.8) is 0 Å². The Kier molecular flexibility index (Phi) is 6.59. The lowest BCUT2D eigenvalue weighted by Gasteiger charge is -2.50. The van der Waals surface area contributed by atoms with Gasteiger partial charge in [-0.25, -0.2) is 9.78 Å². The molecule has 0 saturated carbocycles. The topological polar surface area (TPSA) is 197 Å². The molecule has 2 fully saturated rings. The Morgan fingerprint density at radius 3 is 2.24 bits per heavy atom. The fourth-order valence-electron chi connectivity index (χ4n) is 4.20. The summed E-state index contributed by atoms with van der Waals surface area (Å²) in [6, 6.07) is -1.84. The van der Waals surface area contributed by atoms with Crippen LogP contribution in [0.5, 0.6) is 0 Å². The zero-order chi connectivity index (χ0) is 26.4. The number of hydrogen-bond donors (Lipinski definition) is 4. The van der Waals surface area contributed by atoms with Gasteiger partial charge in [0.05, 0.1) is 0 Å². The first-order chi connectivity index (χ1) is 17.7. The van der Waals surface area contributed by atoms with Crippen LogP contribution in [0.15, 0.2) is 34.1 Å². The average molecular weight is 566 g/mol. The second kappa shape index (κ2) is 9.71. The van der Waals surface area contributed by atoms with E-state index in [0.717, 1.165) is 16.2 Å². The summed E-state index contributed by atoms with van der Waals surface area (Å²) in [6.07, 6.45) is 3.02. The number of thioether (sulfide) groups is 2. The first-order valence-corrected chi connectivity index (χ1v) is 13.7. The summed E-state index contributed by atoms with van der Waals surface area (Å²) in [6.45, 7) is 0. The number of rotatable bonds is 7. The molecule has 0 unspecified atom stereocenters. The molecule has 0 radical (unpaired) electrons. The molecule has 1 aromatic rings. The van der Waals surface area contributed by atoms with Gasteiger partial charge in [-0.3, -0.25) is 29.0 Å². The molecule has 0 aromatic carbocycles. The van der Waals surface area contributed by atoms with E-state index < -0.39 is 52.4 Å². The molecule has 4 aliphatic heterocycles. The summed E-state index contributed by atoms with van der Waals surface area (Å²) in [7, 11) is 1.27. The van der Waals surface area contributed by atoms with Crippen molar-refractivity contribution in [2.45, 2.75) is 22.8 Å². The Labute approximate surface area is 221 Å². The number of fused-ring (bicyclic) bond motifs is 2. The summed E-state index contributed by atoms with van der Waals surface area (Å²) in [5.41, 5.74) is 5.64. The standard InChI is InChI=1S/C20H19N7O7S3/c1-34-25-10(7-6-37-20(21)22-7)14(29)24-12-15(30)26-8(2-4-35-17(12)26)13(28)23-11-16(31)27-9(19(32)33)3-5-36-18(11)27/h2-3,6,11-12,17-18H,4-5H2,1H3,(H2,21,22)(H,23,28)(H,24,29)(H,32,33)/b25-10+/t11-,12-,17-,18-/m1/s1. The summed E-state index contributed by atoms with van der Waals surface area (Å²) in [5, 5.41) is 18.9. The van der Waals surface area contributed by atoms with Crippen LogP contribution in [0, 0.1) is 0 Å². The SMILES string of the molecule is CO/N=C(/C(=O)N[C@@H]1C(=O)N2C(C(=O)N[C@@H]3C(=O)N4C(C(=O)O)=CCS[C@H]34)=CCS[C@H]12)c1csc(N)n1. The number of carbonyl (C=O) groups excluding carboxylic acids is 4. The van der Waals surface area contributed by atoms with Crippen molar-refractivity contribution in [1.29, 1.82) is 0 Å². The molecule has 37 heavy (non-hydrogen) atoms. The first-order valence-electron chi connectivity index (χ1n) is 10.7. The van der Waals surface area contributed by atoms with E-state index in [1.807, 2.05) is 0 Å². The number of carbonyl (C=O) groups is 5. The van der Waals surface area contributed by atoms with E-state index in [1.54, 1.807) is 6.08 Å². The molecule has 17 heteroatoms. The van der Waals surface area contributed by atoms with Crippen LogP contribution in [0.2, 0.25) is 0 Å². The number of anilines is 1. The van der Waals surface area contributed by atoms with E-state index in [0.29, 0.717) is 11.5 Å². The van der Waals surface area contributed by atoms with Crippen molar-refractivity contribution >= 4 is 75.3 Å². The largest absolute Gasteiger partial charge is 0.477 e. The molecular weight excluding hydrogens is 546 g/mol. The summed E-state index contributed by atoms with van der Waals surface area (Å²) in [4.78, 5) is 74.0. The number of carboxylic acid groups (broad SMARTS) is 1. The second-order valence-electron chi connectivity index (χ2n) is 7.94. The lowest BCUT2D eigenvalue weighted by Crippen LogP contribution is -2.73. The highest BCUT2D eigenvalue weighted by atomic mass is 32.2. The molecular formula is C20H19N7O7S3. The highest BCUT2D eigenvalue weighted by Gasteiger charge is 2.56. The highest BCUT2D eigenvalue weighted by molar-refractivity contribution is 8.00. The molecule has 4 aliphatic rings. The Hall–Kier alpha value is -3.57. The summed E-state index contributed by atoms with van der Waals surface area (Å²) >= 11 is 3.80. The van der Waals surface area contributed by atoms with Gasteiger partial charge in [-0.15, -0.1) is 34.9 Å². The van der Waals surface area contributed by atoms with Crippen LogP contribution >= 0.6 is 34.9 Å². The molecule has 0 bridgehead atoms. The lowest BCUT2D eigenvalue weighted by atomic mass is 10.0. The highest BCUT2D eigenvalue weighted by Crippen LogP contribution is 2.40. The molecule has 0 aliphatic carbocycles. The van der Waals surface area contributed by atoms with Crippen LogP contribution in [-0.2, 0) is 28.8 Å². The first kappa shape index (κ1) is 25.1. The van der Waals surface area contributed by atoms with Gasteiger partial charge in [0.1, 0.15) is 47.0 Å². The fraction of sp³-hybridized carbons (Fsp3) is 0.350. The van der Waals surface area contributed by atoms with Crippen LogP contribution < -0.4 is 16.4 Å². The number of nitrogen functional groups attached to an aromatic ring is 1. The number of thiazole rings is 1. The Morgan fingerprint density at radius 1 is 1.08 bits per heavy atom. The molecule has 194 valence electrons. The van der Waals surface area contributed by atoms with Crippen LogP contribution in [-0.4, -0.2) is 96.6 Å². The minimum Gasteiger partial charge on any atom is -0.477 e. The van der Waals surface area contributed by atoms with Gasteiger partial charge in [-0.05, 0) is 12.2 Å². The fourth-order valence-corrected chi connectivity index (χ4v) is 7.14. The summed E-state index contributed by atoms with van der Waals surface area (Å²) in [5.74, 6) is -2.80. The van der Waals surface area contributed by atoms with E-state index in [9.17, 15) is 29.1 Å². The monoisotopic (exact) mass is 565 g/mol. The zero-order valence-electron chi connectivity index (χ0n) is 18.9. The third kappa shape index (κ3) is 4.21. The van der Waals surface area contributed by atoms with Gasteiger partial charge >= 0.3 is 5.97 Å². The number of oxime groups is 1. The average Bonchev–Trinajstić information content (AvgIpc) is 3.32. The van der Waals surface area contributed by atoms with Crippen LogP contribution in [0.3, 0.4) is 0 Å². The van der Waals surface area contributed by atoms with Crippen molar-refractivity contribution in [1.82, 2.24) is 25.4 Å². The van der Waals surface area contributed by atoms with Gasteiger partial charge in [-0.1, -0.05) is 5.16 Å². The van der Waals surface area contributed by atoms with Crippen LogP contribution in [0.1, 0.15) is 5.69 Å². The number of nitrogens with two attached hydrogens (primary N) is 1. The Balaban J connectivity index is 1.24. The predicted octanol–water partition coefficient (Wildman–Crippen LogP) is -1.27. The van der Waals surface area contributed by atoms with Gasteiger partial charge in [-0.2, -0.15) is 0 Å². The van der Waals surface area contributed by atoms with E-state index >= 15 is 0 Å².